The van der Waals surface area contributed by atoms with Crippen LogP contribution < -0.4 is 5.32 Å². The molecule has 2 amide bonds. The first kappa shape index (κ1) is 23.4. The summed E-state index contributed by atoms with van der Waals surface area (Å²) >= 11 is 0. The van der Waals surface area contributed by atoms with E-state index in [1.807, 2.05) is 29.2 Å². The highest BCUT2D eigenvalue weighted by Gasteiger charge is 2.47. The second-order valence-electron chi connectivity index (χ2n) is 10.2. The predicted molar refractivity (Wildman–Crippen MR) is 131 cm³/mol. The van der Waals surface area contributed by atoms with Crippen molar-refractivity contribution in [2.45, 2.75) is 44.4 Å². The predicted octanol–water partition coefficient (Wildman–Crippen LogP) is 4.41. The monoisotopic (exact) mass is 476 g/mol. The molecule has 2 aliphatic carbocycles. The number of amides is 2. The van der Waals surface area contributed by atoms with Crippen molar-refractivity contribution >= 4 is 18.0 Å². The van der Waals surface area contributed by atoms with Crippen molar-refractivity contribution in [3.63, 3.8) is 0 Å². The number of fused-ring (bicyclic) bond motifs is 3. The van der Waals surface area contributed by atoms with Crippen molar-refractivity contribution in [3.8, 4) is 11.1 Å². The molecular formula is C28H32N2O5. The van der Waals surface area contributed by atoms with Gasteiger partial charge in [-0.3, -0.25) is 9.59 Å². The first-order valence-corrected chi connectivity index (χ1v) is 12.6. The molecule has 1 saturated carbocycles. The highest BCUT2D eigenvalue weighted by molar-refractivity contribution is 5.85. The van der Waals surface area contributed by atoms with Gasteiger partial charge in [-0.15, -0.1) is 0 Å². The second-order valence-corrected chi connectivity index (χ2v) is 10.2. The van der Waals surface area contributed by atoms with E-state index in [0.29, 0.717) is 19.5 Å². The SMILES string of the molecule is O=C(O)CCC1CCN(C(=O)C2(CNC(=O)OCC3c4ccccc4-c4ccccc43)CCC2)C1. The molecule has 2 N–H and O–H groups in total. The second kappa shape index (κ2) is 9.72. The number of aliphatic carboxylic acids is 1. The van der Waals surface area contributed by atoms with Crippen molar-refractivity contribution in [1.29, 1.82) is 0 Å². The average Bonchev–Trinajstić information content (AvgIpc) is 3.43. The van der Waals surface area contributed by atoms with Crippen molar-refractivity contribution in [2.24, 2.45) is 11.3 Å². The summed E-state index contributed by atoms with van der Waals surface area (Å²) in [7, 11) is 0. The molecule has 0 spiro atoms. The van der Waals surface area contributed by atoms with Crippen molar-refractivity contribution in [2.75, 3.05) is 26.2 Å². The highest BCUT2D eigenvalue weighted by Crippen LogP contribution is 2.45. The Morgan fingerprint density at radius 2 is 1.69 bits per heavy atom. The van der Waals surface area contributed by atoms with Crippen LogP contribution in [0.2, 0.25) is 0 Å². The standard InChI is InChI=1S/C28H32N2O5/c31-25(32)11-10-19-12-15-30(16-19)26(33)28(13-5-14-28)18-29-27(34)35-17-24-22-8-3-1-6-20(22)21-7-2-4-9-23(21)24/h1-4,6-9,19,24H,5,10-18H2,(H,29,34)(H,31,32). The zero-order chi connectivity index (χ0) is 24.4. The summed E-state index contributed by atoms with van der Waals surface area (Å²) < 4.78 is 5.65. The third kappa shape index (κ3) is 4.64. The van der Waals surface area contributed by atoms with Crippen LogP contribution >= 0.6 is 0 Å². The van der Waals surface area contributed by atoms with Gasteiger partial charge in [0.05, 0.1) is 5.41 Å². The number of rotatable bonds is 8. The van der Waals surface area contributed by atoms with E-state index in [-0.39, 0.29) is 37.3 Å². The third-order valence-electron chi connectivity index (χ3n) is 8.02. The zero-order valence-electron chi connectivity index (χ0n) is 19.9. The van der Waals surface area contributed by atoms with Gasteiger partial charge in [-0.05, 0) is 53.9 Å². The van der Waals surface area contributed by atoms with Gasteiger partial charge in [0.15, 0.2) is 0 Å². The maximum absolute atomic E-state index is 13.3. The van der Waals surface area contributed by atoms with Gasteiger partial charge >= 0.3 is 12.1 Å². The largest absolute Gasteiger partial charge is 0.481 e. The Morgan fingerprint density at radius 1 is 1.03 bits per heavy atom. The highest BCUT2D eigenvalue weighted by atomic mass is 16.5. The molecule has 1 aliphatic heterocycles. The summed E-state index contributed by atoms with van der Waals surface area (Å²) in [4.78, 5) is 38.7. The molecule has 2 aromatic rings. The number of carboxylic acids is 1. The van der Waals surface area contributed by atoms with Crippen LogP contribution in [0.3, 0.4) is 0 Å². The van der Waals surface area contributed by atoms with Crippen LogP contribution in [0.5, 0.6) is 0 Å². The minimum atomic E-state index is -0.794. The Hall–Kier alpha value is -3.35. The van der Waals surface area contributed by atoms with Gasteiger partial charge in [0.25, 0.3) is 0 Å². The van der Waals surface area contributed by atoms with Crippen molar-refractivity contribution < 1.29 is 24.2 Å². The molecule has 7 heteroatoms. The molecule has 3 aliphatic rings. The number of carboxylic acid groups (broad SMARTS) is 1. The van der Waals surface area contributed by atoms with Gasteiger partial charge < -0.3 is 20.1 Å². The summed E-state index contributed by atoms with van der Waals surface area (Å²) in [5, 5.41) is 11.8. The van der Waals surface area contributed by atoms with E-state index < -0.39 is 17.5 Å². The molecule has 5 rings (SSSR count). The van der Waals surface area contributed by atoms with Crippen LogP contribution in [0, 0.1) is 11.3 Å². The van der Waals surface area contributed by atoms with E-state index in [1.54, 1.807) is 0 Å². The number of carbonyl (C=O) groups excluding carboxylic acids is 2. The molecular weight excluding hydrogens is 444 g/mol. The van der Waals surface area contributed by atoms with Crippen LogP contribution in [0.1, 0.15) is 55.6 Å². The van der Waals surface area contributed by atoms with Crippen LogP contribution in [0.25, 0.3) is 11.1 Å². The molecule has 0 radical (unpaired) electrons. The van der Waals surface area contributed by atoms with Gasteiger partial charge in [-0.2, -0.15) is 0 Å². The fourth-order valence-corrected chi connectivity index (χ4v) is 5.88. The lowest BCUT2D eigenvalue weighted by Gasteiger charge is -2.42. The average molecular weight is 477 g/mol. The Morgan fingerprint density at radius 3 is 2.29 bits per heavy atom. The van der Waals surface area contributed by atoms with Gasteiger partial charge in [-0.1, -0.05) is 55.0 Å². The molecule has 1 saturated heterocycles. The van der Waals surface area contributed by atoms with Crippen LogP contribution in [-0.4, -0.2) is 54.2 Å². The molecule has 2 aromatic carbocycles. The molecule has 35 heavy (non-hydrogen) atoms. The van der Waals surface area contributed by atoms with Crippen LogP contribution in [0.15, 0.2) is 48.5 Å². The first-order valence-electron chi connectivity index (χ1n) is 12.6. The summed E-state index contributed by atoms with van der Waals surface area (Å²) in [5.74, 6) is -0.472. The fraction of sp³-hybridized carbons (Fsp3) is 0.464. The summed E-state index contributed by atoms with van der Waals surface area (Å²) in [6.07, 6.45) is 3.57. The minimum Gasteiger partial charge on any atom is -0.481 e. The lowest BCUT2D eigenvalue weighted by atomic mass is 9.67. The first-order chi connectivity index (χ1) is 17.0. The maximum atomic E-state index is 13.3. The molecule has 0 aromatic heterocycles. The molecule has 184 valence electrons. The topological polar surface area (TPSA) is 95.9 Å². The number of hydrogen-bond donors (Lipinski definition) is 2. The number of ether oxygens (including phenoxy) is 1. The lowest BCUT2D eigenvalue weighted by molar-refractivity contribution is -0.146. The smallest absolute Gasteiger partial charge is 0.407 e. The number of likely N-dealkylation sites (tertiary alicyclic amines) is 1. The number of carbonyl (C=O) groups is 3. The fourth-order valence-electron chi connectivity index (χ4n) is 5.88. The van der Waals surface area contributed by atoms with E-state index in [0.717, 1.165) is 25.7 Å². The summed E-state index contributed by atoms with van der Waals surface area (Å²) in [6, 6.07) is 16.4. The Balaban J connectivity index is 1.15. The zero-order valence-corrected chi connectivity index (χ0v) is 19.9. The Kier molecular flexibility index (Phi) is 6.50. The number of alkyl carbamates (subject to hydrolysis) is 1. The molecule has 1 unspecified atom stereocenters. The Bertz CT molecular complexity index is 1080. The van der Waals surface area contributed by atoms with E-state index >= 15 is 0 Å². The number of hydrogen-bond acceptors (Lipinski definition) is 4. The number of nitrogens with zero attached hydrogens (tertiary/aromatic N) is 1. The molecule has 0 bridgehead atoms. The maximum Gasteiger partial charge on any atom is 0.407 e. The van der Waals surface area contributed by atoms with Gasteiger partial charge in [0.1, 0.15) is 6.61 Å². The molecule has 1 atom stereocenters. The Labute approximate surface area is 205 Å². The molecule has 1 heterocycles. The van der Waals surface area contributed by atoms with E-state index in [4.69, 9.17) is 9.84 Å². The summed E-state index contributed by atoms with van der Waals surface area (Å²) in [6.45, 7) is 1.80. The normalized spacial score (nSPS) is 20.0. The van der Waals surface area contributed by atoms with Crippen molar-refractivity contribution in [1.82, 2.24) is 10.2 Å². The van der Waals surface area contributed by atoms with Crippen molar-refractivity contribution in [3.05, 3.63) is 59.7 Å². The van der Waals surface area contributed by atoms with Crippen LogP contribution in [-0.2, 0) is 14.3 Å². The van der Waals surface area contributed by atoms with Crippen LogP contribution in [0.4, 0.5) is 4.79 Å². The van der Waals surface area contributed by atoms with Gasteiger partial charge in [-0.25, -0.2) is 4.79 Å². The molecule has 2 fully saturated rings. The van der Waals surface area contributed by atoms with E-state index in [2.05, 4.69) is 29.6 Å². The third-order valence-corrected chi connectivity index (χ3v) is 8.02. The van der Waals surface area contributed by atoms with E-state index in [9.17, 15) is 14.4 Å². The summed E-state index contributed by atoms with van der Waals surface area (Å²) in [5.41, 5.74) is 4.14. The number of nitrogens with one attached hydrogen (secondary N) is 1. The molecule has 7 nitrogen and oxygen atoms in total. The van der Waals surface area contributed by atoms with Gasteiger partial charge in [0.2, 0.25) is 5.91 Å². The van der Waals surface area contributed by atoms with E-state index in [1.165, 1.54) is 22.3 Å². The minimum absolute atomic E-state index is 0.000203. The quantitative estimate of drug-likeness (QED) is 0.588. The van der Waals surface area contributed by atoms with Gasteiger partial charge in [0, 0.05) is 32.0 Å². The lowest BCUT2D eigenvalue weighted by Crippen LogP contribution is -2.53. The number of benzene rings is 2.